The van der Waals surface area contributed by atoms with E-state index in [4.69, 9.17) is 9.15 Å². The van der Waals surface area contributed by atoms with Gasteiger partial charge in [-0.15, -0.1) is 22.0 Å². The Morgan fingerprint density at radius 3 is 2.76 bits per heavy atom. The van der Waals surface area contributed by atoms with Gasteiger partial charge in [0.1, 0.15) is 5.75 Å². The fourth-order valence-corrected chi connectivity index (χ4v) is 2.32. The van der Waals surface area contributed by atoms with Gasteiger partial charge in [0.05, 0.1) is 12.9 Å². The van der Waals surface area contributed by atoms with Crippen LogP contribution in [0.2, 0.25) is 0 Å². The van der Waals surface area contributed by atoms with Crippen LogP contribution in [-0.2, 0) is 11.5 Å². The lowest BCUT2D eigenvalue weighted by Crippen LogP contribution is -1.90. The summed E-state index contributed by atoms with van der Waals surface area (Å²) in [7, 11) is 1.69. The summed E-state index contributed by atoms with van der Waals surface area (Å²) in [5, 5.41) is 7.74. The number of aromatic nitrogens is 2. The van der Waals surface area contributed by atoms with Crippen LogP contribution in [0.1, 0.15) is 17.3 Å². The van der Waals surface area contributed by atoms with E-state index >= 15 is 0 Å². The molecule has 0 saturated carbocycles. The summed E-state index contributed by atoms with van der Waals surface area (Å²) >= 11 is 1.73. The fraction of sp³-hybridized carbons (Fsp3) is 0.333. The molecule has 4 nitrogen and oxygen atoms in total. The van der Waals surface area contributed by atoms with E-state index in [1.54, 1.807) is 25.8 Å². The highest BCUT2D eigenvalue weighted by atomic mass is 32.2. The molecule has 1 heterocycles. The Bertz CT molecular complexity index is 485. The minimum absolute atomic E-state index is 0.609. The molecule has 90 valence electrons. The fourth-order valence-electron chi connectivity index (χ4n) is 1.47. The largest absolute Gasteiger partial charge is 0.496 e. The molecule has 0 unspecified atom stereocenters. The SMILES string of the molecule is COc1ccccc1CSCc1nnc(C)o1. The van der Waals surface area contributed by atoms with Crippen LogP contribution >= 0.6 is 11.8 Å². The number of ether oxygens (including phenoxy) is 1. The van der Waals surface area contributed by atoms with Gasteiger partial charge in [-0.1, -0.05) is 18.2 Å². The Morgan fingerprint density at radius 2 is 2.06 bits per heavy atom. The molecule has 1 aromatic carbocycles. The summed E-state index contributed by atoms with van der Waals surface area (Å²) in [5.41, 5.74) is 1.18. The molecule has 0 radical (unpaired) electrons. The van der Waals surface area contributed by atoms with Gasteiger partial charge < -0.3 is 9.15 Å². The molecule has 0 atom stereocenters. The Hall–Kier alpha value is -1.49. The number of rotatable bonds is 5. The normalized spacial score (nSPS) is 10.5. The molecule has 0 aliphatic carbocycles. The predicted octanol–water partition coefficient (Wildman–Crippen LogP) is 2.82. The highest BCUT2D eigenvalue weighted by Crippen LogP contribution is 2.24. The molecule has 2 rings (SSSR count). The minimum atomic E-state index is 0.609. The van der Waals surface area contributed by atoms with Crippen LogP contribution in [0.15, 0.2) is 28.7 Å². The van der Waals surface area contributed by atoms with Crippen LogP contribution in [0, 0.1) is 6.92 Å². The molecular formula is C12H14N2O2S. The number of benzene rings is 1. The van der Waals surface area contributed by atoms with Crippen molar-refractivity contribution in [2.24, 2.45) is 0 Å². The van der Waals surface area contributed by atoms with Gasteiger partial charge in [0.25, 0.3) is 0 Å². The lowest BCUT2D eigenvalue weighted by Gasteiger charge is -2.06. The van der Waals surface area contributed by atoms with E-state index < -0.39 is 0 Å². The van der Waals surface area contributed by atoms with Crippen molar-refractivity contribution < 1.29 is 9.15 Å². The third kappa shape index (κ3) is 3.23. The van der Waals surface area contributed by atoms with Crippen LogP contribution in [-0.4, -0.2) is 17.3 Å². The smallest absolute Gasteiger partial charge is 0.226 e. The molecule has 2 aromatic rings. The Morgan fingerprint density at radius 1 is 1.24 bits per heavy atom. The molecule has 0 amide bonds. The third-order valence-electron chi connectivity index (χ3n) is 2.24. The zero-order valence-corrected chi connectivity index (χ0v) is 10.7. The van der Waals surface area contributed by atoms with E-state index in [9.17, 15) is 0 Å². The highest BCUT2D eigenvalue weighted by molar-refractivity contribution is 7.97. The number of hydrogen-bond acceptors (Lipinski definition) is 5. The van der Waals surface area contributed by atoms with E-state index in [2.05, 4.69) is 16.3 Å². The second kappa shape index (κ2) is 5.72. The maximum Gasteiger partial charge on any atom is 0.226 e. The van der Waals surface area contributed by atoms with E-state index in [1.165, 1.54) is 5.56 Å². The summed E-state index contributed by atoms with van der Waals surface area (Å²) in [4.78, 5) is 0. The number of hydrogen-bond donors (Lipinski definition) is 0. The quantitative estimate of drug-likeness (QED) is 0.816. The first-order valence-electron chi connectivity index (χ1n) is 5.28. The summed E-state index contributed by atoms with van der Waals surface area (Å²) in [6.45, 7) is 1.79. The van der Waals surface area contributed by atoms with Crippen LogP contribution in [0.4, 0.5) is 0 Å². The first kappa shape index (κ1) is 12.0. The lowest BCUT2D eigenvalue weighted by molar-refractivity contribution is 0.411. The molecule has 0 saturated heterocycles. The first-order chi connectivity index (χ1) is 8.29. The van der Waals surface area contributed by atoms with Crippen molar-refractivity contribution in [2.45, 2.75) is 18.4 Å². The Balaban J connectivity index is 1.89. The van der Waals surface area contributed by atoms with Crippen LogP contribution in [0.5, 0.6) is 5.75 Å². The minimum Gasteiger partial charge on any atom is -0.496 e. The van der Waals surface area contributed by atoms with Gasteiger partial charge in [-0.05, 0) is 6.07 Å². The maximum atomic E-state index is 5.30. The van der Waals surface area contributed by atoms with Crippen LogP contribution in [0.3, 0.4) is 0 Å². The summed E-state index contributed by atoms with van der Waals surface area (Å²) in [5.74, 6) is 3.78. The molecule has 0 bridgehead atoms. The molecule has 0 fully saturated rings. The van der Waals surface area contributed by atoms with Gasteiger partial charge in [0.2, 0.25) is 11.8 Å². The highest BCUT2D eigenvalue weighted by Gasteiger charge is 2.05. The summed E-state index contributed by atoms with van der Waals surface area (Å²) in [6.07, 6.45) is 0. The predicted molar refractivity (Wildman–Crippen MR) is 67.0 cm³/mol. The van der Waals surface area contributed by atoms with Gasteiger partial charge in [-0.25, -0.2) is 0 Å². The third-order valence-corrected chi connectivity index (χ3v) is 3.21. The number of methoxy groups -OCH3 is 1. The number of thioether (sulfide) groups is 1. The van der Waals surface area contributed by atoms with E-state index in [0.29, 0.717) is 11.8 Å². The Kier molecular flexibility index (Phi) is 4.03. The second-order valence-electron chi connectivity index (χ2n) is 3.52. The molecule has 0 aliphatic heterocycles. The van der Waals surface area contributed by atoms with E-state index in [1.807, 2.05) is 18.2 Å². The van der Waals surface area contributed by atoms with Gasteiger partial charge in [-0.3, -0.25) is 0 Å². The lowest BCUT2D eigenvalue weighted by atomic mass is 10.2. The van der Waals surface area contributed by atoms with Gasteiger partial charge in [0, 0.05) is 18.2 Å². The van der Waals surface area contributed by atoms with Crippen molar-refractivity contribution in [3.05, 3.63) is 41.6 Å². The molecule has 1 aromatic heterocycles. The zero-order chi connectivity index (χ0) is 12.1. The maximum absolute atomic E-state index is 5.30. The van der Waals surface area contributed by atoms with E-state index in [-0.39, 0.29) is 0 Å². The van der Waals surface area contributed by atoms with E-state index in [0.717, 1.165) is 17.3 Å². The topological polar surface area (TPSA) is 48.2 Å². The van der Waals surface area contributed by atoms with Crippen molar-refractivity contribution in [3.8, 4) is 5.75 Å². The zero-order valence-electron chi connectivity index (χ0n) is 9.84. The van der Waals surface area contributed by atoms with Gasteiger partial charge in [-0.2, -0.15) is 0 Å². The van der Waals surface area contributed by atoms with Gasteiger partial charge >= 0.3 is 0 Å². The van der Waals surface area contributed by atoms with Crippen molar-refractivity contribution in [3.63, 3.8) is 0 Å². The van der Waals surface area contributed by atoms with Crippen molar-refractivity contribution in [2.75, 3.05) is 7.11 Å². The summed E-state index contributed by atoms with van der Waals surface area (Å²) < 4.78 is 10.6. The van der Waals surface area contributed by atoms with Crippen molar-refractivity contribution in [1.82, 2.24) is 10.2 Å². The monoisotopic (exact) mass is 250 g/mol. The molecule has 0 N–H and O–H groups in total. The molecule has 0 spiro atoms. The van der Waals surface area contributed by atoms with Crippen LogP contribution < -0.4 is 4.74 Å². The average Bonchev–Trinajstić information content (AvgIpc) is 2.76. The number of aryl methyl sites for hydroxylation is 1. The van der Waals surface area contributed by atoms with Crippen LogP contribution in [0.25, 0.3) is 0 Å². The second-order valence-corrected chi connectivity index (χ2v) is 4.51. The number of para-hydroxylation sites is 1. The first-order valence-corrected chi connectivity index (χ1v) is 6.43. The molecule has 5 heteroatoms. The molecule has 0 aliphatic rings. The van der Waals surface area contributed by atoms with Crippen molar-refractivity contribution in [1.29, 1.82) is 0 Å². The standard InChI is InChI=1S/C12H14N2O2S/c1-9-13-14-12(16-9)8-17-7-10-5-3-4-6-11(10)15-2/h3-6H,7-8H2,1-2H3. The average molecular weight is 250 g/mol. The van der Waals surface area contributed by atoms with Crippen molar-refractivity contribution >= 4 is 11.8 Å². The molecular weight excluding hydrogens is 236 g/mol. The summed E-state index contributed by atoms with van der Waals surface area (Å²) in [6, 6.07) is 8.00. The van der Waals surface area contributed by atoms with Gasteiger partial charge in [0.15, 0.2) is 0 Å². The number of nitrogens with zero attached hydrogens (tertiary/aromatic N) is 2. The Labute approximate surface area is 104 Å². The molecule has 17 heavy (non-hydrogen) atoms.